The highest BCUT2D eigenvalue weighted by atomic mass is 35.5. The number of halogens is 1. The molecule has 2 aromatic carbocycles. The lowest BCUT2D eigenvalue weighted by molar-refractivity contribution is 0.0596. The maximum absolute atomic E-state index is 11.7. The zero-order chi connectivity index (χ0) is 14.5. The van der Waals surface area contributed by atoms with Gasteiger partial charge in [-0.3, -0.25) is 0 Å². The zero-order valence-electron chi connectivity index (χ0n) is 11.1. The molecule has 0 fully saturated rings. The number of rotatable bonds is 4. The highest BCUT2D eigenvalue weighted by Gasteiger charge is 2.16. The van der Waals surface area contributed by atoms with E-state index in [1.807, 2.05) is 30.3 Å². The minimum Gasteiger partial charge on any atom is -0.507 e. The first-order valence-electron chi connectivity index (χ1n) is 6.25. The predicted molar refractivity (Wildman–Crippen MR) is 78.3 cm³/mol. The lowest BCUT2D eigenvalue weighted by Crippen LogP contribution is -2.07. The van der Waals surface area contributed by atoms with Crippen LogP contribution in [0.1, 0.15) is 21.5 Å². The summed E-state index contributed by atoms with van der Waals surface area (Å²) in [6, 6.07) is 12.6. The van der Waals surface area contributed by atoms with E-state index in [9.17, 15) is 9.90 Å². The van der Waals surface area contributed by atoms with E-state index < -0.39 is 5.97 Å². The van der Waals surface area contributed by atoms with Gasteiger partial charge in [0.2, 0.25) is 0 Å². The van der Waals surface area contributed by atoms with Gasteiger partial charge in [-0.1, -0.05) is 35.9 Å². The molecule has 0 aliphatic heterocycles. The predicted octanol–water partition coefficient (Wildman–Crippen LogP) is 3.62. The van der Waals surface area contributed by atoms with Crippen molar-refractivity contribution in [3.8, 4) is 5.75 Å². The standard InChI is InChI=1S/C16H15ClO3/c1-20-16(19)15-12(3-2-4-14(15)18)8-5-11-6-9-13(17)10-7-11/h2-4,6-7,9-10,18H,5,8H2,1H3. The van der Waals surface area contributed by atoms with Crippen molar-refractivity contribution in [1.82, 2.24) is 0 Å². The lowest BCUT2D eigenvalue weighted by atomic mass is 9.99. The smallest absolute Gasteiger partial charge is 0.341 e. The van der Waals surface area contributed by atoms with Crippen LogP contribution in [0.5, 0.6) is 5.75 Å². The normalized spacial score (nSPS) is 10.3. The van der Waals surface area contributed by atoms with Gasteiger partial charge in [-0.25, -0.2) is 4.79 Å². The number of benzene rings is 2. The van der Waals surface area contributed by atoms with E-state index >= 15 is 0 Å². The fraction of sp³-hybridized carbons (Fsp3) is 0.188. The largest absolute Gasteiger partial charge is 0.507 e. The van der Waals surface area contributed by atoms with Crippen molar-refractivity contribution < 1.29 is 14.6 Å². The van der Waals surface area contributed by atoms with E-state index in [1.54, 1.807) is 6.07 Å². The van der Waals surface area contributed by atoms with Crippen LogP contribution in [-0.4, -0.2) is 18.2 Å². The summed E-state index contributed by atoms with van der Waals surface area (Å²) in [6.07, 6.45) is 1.39. The third kappa shape index (κ3) is 3.31. The lowest BCUT2D eigenvalue weighted by Gasteiger charge is -2.09. The van der Waals surface area contributed by atoms with Crippen molar-refractivity contribution in [2.24, 2.45) is 0 Å². The molecule has 2 aromatic rings. The summed E-state index contributed by atoms with van der Waals surface area (Å²) in [5.74, 6) is -0.570. The van der Waals surface area contributed by atoms with E-state index in [4.69, 9.17) is 16.3 Å². The Labute approximate surface area is 122 Å². The number of hydrogen-bond acceptors (Lipinski definition) is 3. The van der Waals surface area contributed by atoms with Gasteiger partial charge in [0.1, 0.15) is 11.3 Å². The molecule has 0 spiro atoms. The van der Waals surface area contributed by atoms with Crippen LogP contribution in [0.4, 0.5) is 0 Å². The summed E-state index contributed by atoms with van der Waals surface area (Å²) < 4.78 is 4.71. The molecule has 0 atom stereocenters. The van der Waals surface area contributed by atoms with Gasteiger partial charge in [0.05, 0.1) is 7.11 Å². The number of hydrogen-bond donors (Lipinski definition) is 1. The molecule has 4 heteroatoms. The van der Waals surface area contributed by atoms with E-state index in [0.717, 1.165) is 17.5 Å². The first kappa shape index (κ1) is 14.4. The second-order valence-electron chi connectivity index (χ2n) is 4.43. The van der Waals surface area contributed by atoms with E-state index in [2.05, 4.69) is 0 Å². The highest BCUT2D eigenvalue weighted by Crippen LogP contribution is 2.23. The van der Waals surface area contributed by atoms with Gasteiger partial charge in [0, 0.05) is 5.02 Å². The minimum atomic E-state index is -0.519. The maximum Gasteiger partial charge on any atom is 0.341 e. The van der Waals surface area contributed by atoms with Crippen LogP contribution in [0.2, 0.25) is 5.02 Å². The van der Waals surface area contributed by atoms with Gasteiger partial charge >= 0.3 is 5.97 Å². The monoisotopic (exact) mass is 290 g/mol. The Morgan fingerprint density at radius 2 is 1.85 bits per heavy atom. The van der Waals surface area contributed by atoms with Crippen LogP contribution in [0, 0.1) is 0 Å². The first-order valence-corrected chi connectivity index (χ1v) is 6.63. The molecule has 0 aromatic heterocycles. The number of phenolic OH excluding ortho intramolecular Hbond substituents is 1. The van der Waals surface area contributed by atoms with Crippen LogP contribution < -0.4 is 0 Å². The van der Waals surface area contributed by atoms with Gasteiger partial charge in [0.25, 0.3) is 0 Å². The average Bonchev–Trinajstić information content (AvgIpc) is 2.46. The molecule has 0 amide bonds. The van der Waals surface area contributed by atoms with Crippen LogP contribution in [0.3, 0.4) is 0 Å². The molecule has 0 aliphatic carbocycles. The molecule has 0 unspecified atom stereocenters. The van der Waals surface area contributed by atoms with Gasteiger partial charge in [0.15, 0.2) is 0 Å². The Balaban J connectivity index is 2.19. The van der Waals surface area contributed by atoms with Crippen LogP contribution in [0.25, 0.3) is 0 Å². The zero-order valence-corrected chi connectivity index (χ0v) is 11.9. The topological polar surface area (TPSA) is 46.5 Å². The summed E-state index contributed by atoms with van der Waals surface area (Å²) in [6.45, 7) is 0. The number of aromatic hydroxyl groups is 1. The molecule has 0 saturated heterocycles. The summed E-state index contributed by atoms with van der Waals surface area (Å²) in [4.78, 5) is 11.7. The highest BCUT2D eigenvalue weighted by molar-refractivity contribution is 6.30. The number of carbonyl (C=O) groups excluding carboxylic acids is 1. The summed E-state index contributed by atoms with van der Waals surface area (Å²) in [5, 5.41) is 10.5. The number of aryl methyl sites for hydroxylation is 2. The molecule has 104 valence electrons. The summed E-state index contributed by atoms with van der Waals surface area (Å²) in [5.41, 5.74) is 2.13. The van der Waals surface area contributed by atoms with Crippen LogP contribution in [0.15, 0.2) is 42.5 Å². The number of carbonyl (C=O) groups is 1. The Morgan fingerprint density at radius 1 is 1.15 bits per heavy atom. The molecular formula is C16H15ClO3. The molecule has 2 rings (SSSR count). The van der Waals surface area contributed by atoms with E-state index in [-0.39, 0.29) is 11.3 Å². The average molecular weight is 291 g/mol. The third-order valence-corrected chi connectivity index (χ3v) is 3.37. The van der Waals surface area contributed by atoms with Crippen LogP contribution >= 0.6 is 11.6 Å². The quantitative estimate of drug-likeness (QED) is 0.875. The Kier molecular flexibility index (Phi) is 4.64. The van der Waals surface area contributed by atoms with Gasteiger partial charge in [-0.05, 0) is 42.2 Å². The molecule has 0 heterocycles. The number of esters is 1. The van der Waals surface area contributed by atoms with Crippen molar-refractivity contribution >= 4 is 17.6 Å². The third-order valence-electron chi connectivity index (χ3n) is 3.11. The van der Waals surface area contributed by atoms with Crippen LogP contribution in [-0.2, 0) is 17.6 Å². The molecule has 0 radical (unpaired) electrons. The molecular weight excluding hydrogens is 276 g/mol. The number of phenols is 1. The van der Waals surface area contributed by atoms with Crippen molar-refractivity contribution in [2.75, 3.05) is 7.11 Å². The summed E-state index contributed by atoms with van der Waals surface area (Å²) in [7, 11) is 1.30. The molecule has 0 aliphatic rings. The molecule has 1 N–H and O–H groups in total. The second-order valence-corrected chi connectivity index (χ2v) is 4.87. The van der Waals surface area contributed by atoms with Gasteiger partial charge < -0.3 is 9.84 Å². The summed E-state index contributed by atoms with van der Waals surface area (Å²) >= 11 is 5.84. The second kappa shape index (κ2) is 6.44. The van der Waals surface area contributed by atoms with E-state index in [0.29, 0.717) is 11.4 Å². The maximum atomic E-state index is 11.7. The Hall–Kier alpha value is -2.00. The van der Waals surface area contributed by atoms with Crippen molar-refractivity contribution in [2.45, 2.75) is 12.8 Å². The molecule has 0 bridgehead atoms. The van der Waals surface area contributed by atoms with E-state index in [1.165, 1.54) is 13.2 Å². The molecule has 20 heavy (non-hydrogen) atoms. The fourth-order valence-electron chi connectivity index (χ4n) is 2.06. The molecule has 3 nitrogen and oxygen atoms in total. The minimum absolute atomic E-state index is 0.0505. The Bertz CT molecular complexity index is 606. The Morgan fingerprint density at radius 3 is 2.50 bits per heavy atom. The van der Waals surface area contributed by atoms with Gasteiger partial charge in [-0.15, -0.1) is 0 Å². The van der Waals surface area contributed by atoms with Crippen molar-refractivity contribution in [1.29, 1.82) is 0 Å². The van der Waals surface area contributed by atoms with Crippen molar-refractivity contribution in [3.05, 3.63) is 64.2 Å². The van der Waals surface area contributed by atoms with Gasteiger partial charge in [-0.2, -0.15) is 0 Å². The van der Waals surface area contributed by atoms with Crippen molar-refractivity contribution in [3.63, 3.8) is 0 Å². The SMILES string of the molecule is COC(=O)c1c(O)cccc1CCc1ccc(Cl)cc1. The number of ether oxygens (including phenoxy) is 1. The first-order chi connectivity index (χ1) is 9.61. The fourth-order valence-corrected chi connectivity index (χ4v) is 2.19. The molecule has 0 saturated carbocycles. The number of methoxy groups -OCH3 is 1.